The summed E-state index contributed by atoms with van der Waals surface area (Å²) in [6, 6.07) is 3.99. The molecule has 1 aromatic heterocycles. The molecule has 2 N–H and O–H groups in total. The lowest BCUT2D eigenvalue weighted by Crippen LogP contribution is -2.21. The van der Waals surface area contributed by atoms with Crippen LogP contribution in [0.25, 0.3) is 0 Å². The van der Waals surface area contributed by atoms with E-state index in [1.807, 2.05) is 12.1 Å². The molecule has 0 fully saturated rings. The van der Waals surface area contributed by atoms with Crippen LogP contribution >= 0.6 is 0 Å². The van der Waals surface area contributed by atoms with Gasteiger partial charge in [-0.2, -0.15) is 0 Å². The van der Waals surface area contributed by atoms with Crippen LogP contribution < -0.4 is 10.5 Å². The molecule has 0 aromatic carbocycles. The van der Waals surface area contributed by atoms with Crippen molar-refractivity contribution in [1.82, 2.24) is 4.98 Å². The molecule has 1 unspecified atom stereocenters. The van der Waals surface area contributed by atoms with Crippen molar-refractivity contribution < 1.29 is 9.47 Å². The lowest BCUT2D eigenvalue weighted by molar-refractivity contribution is 0.0508. The molecule has 4 heteroatoms. The maximum atomic E-state index is 5.83. The molecule has 4 nitrogen and oxygen atoms in total. The van der Waals surface area contributed by atoms with Crippen LogP contribution in [-0.2, 0) is 11.2 Å². The summed E-state index contributed by atoms with van der Waals surface area (Å²) in [5.74, 6) is 0.714. The average Bonchev–Trinajstić information content (AvgIpc) is 2.28. The summed E-state index contributed by atoms with van der Waals surface area (Å²) in [5, 5.41) is 0. The van der Waals surface area contributed by atoms with Gasteiger partial charge >= 0.3 is 0 Å². The SMILES string of the molecule is CCC(N)Cc1ccc(OCOC)cn1. The van der Waals surface area contributed by atoms with Gasteiger partial charge in [0.05, 0.1) is 6.20 Å². The number of ether oxygens (including phenoxy) is 2. The number of aromatic nitrogens is 1. The van der Waals surface area contributed by atoms with Gasteiger partial charge < -0.3 is 15.2 Å². The van der Waals surface area contributed by atoms with Crippen LogP contribution in [0.4, 0.5) is 0 Å². The molecule has 0 saturated heterocycles. The number of methoxy groups -OCH3 is 1. The van der Waals surface area contributed by atoms with Crippen molar-refractivity contribution in [3.63, 3.8) is 0 Å². The van der Waals surface area contributed by atoms with Crippen LogP contribution in [0, 0.1) is 0 Å². The topological polar surface area (TPSA) is 57.4 Å². The summed E-state index contributed by atoms with van der Waals surface area (Å²) in [6.07, 6.45) is 3.46. The zero-order chi connectivity index (χ0) is 11.1. The Hall–Kier alpha value is -1.13. The van der Waals surface area contributed by atoms with Gasteiger partial charge in [-0.25, -0.2) is 0 Å². The van der Waals surface area contributed by atoms with E-state index in [-0.39, 0.29) is 12.8 Å². The molecule has 0 spiro atoms. The highest BCUT2D eigenvalue weighted by Gasteiger charge is 2.02. The summed E-state index contributed by atoms with van der Waals surface area (Å²) in [4.78, 5) is 4.26. The van der Waals surface area contributed by atoms with Crippen LogP contribution in [0.3, 0.4) is 0 Å². The molecule has 84 valence electrons. The quantitative estimate of drug-likeness (QED) is 0.720. The minimum absolute atomic E-state index is 0.184. The van der Waals surface area contributed by atoms with E-state index in [4.69, 9.17) is 15.2 Å². The molecule has 0 radical (unpaired) electrons. The largest absolute Gasteiger partial charge is 0.466 e. The Morgan fingerprint density at radius 1 is 1.47 bits per heavy atom. The zero-order valence-corrected chi connectivity index (χ0v) is 9.27. The fourth-order valence-electron chi connectivity index (χ4n) is 1.16. The third kappa shape index (κ3) is 4.27. The second-order valence-corrected chi connectivity index (χ2v) is 3.41. The Balaban J connectivity index is 2.48. The van der Waals surface area contributed by atoms with E-state index in [1.165, 1.54) is 0 Å². The first-order valence-corrected chi connectivity index (χ1v) is 5.08. The average molecular weight is 210 g/mol. The molecular weight excluding hydrogens is 192 g/mol. The molecule has 0 aliphatic rings. The molecule has 1 atom stereocenters. The molecule has 15 heavy (non-hydrogen) atoms. The van der Waals surface area contributed by atoms with Crippen LogP contribution in [0.15, 0.2) is 18.3 Å². The number of pyridine rings is 1. The maximum Gasteiger partial charge on any atom is 0.188 e. The monoisotopic (exact) mass is 210 g/mol. The molecule has 1 aromatic rings. The Labute approximate surface area is 90.4 Å². The van der Waals surface area contributed by atoms with Crippen LogP contribution in [0.1, 0.15) is 19.0 Å². The molecule has 0 aliphatic carbocycles. The fraction of sp³-hybridized carbons (Fsp3) is 0.545. The van der Waals surface area contributed by atoms with E-state index in [2.05, 4.69) is 11.9 Å². The van der Waals surface area contributed by atoms with E-state index in [0.29, 0.717) is 5.75 Å². The van der Waals surface area contributed by atoms with Gasteiger partial charge in [0.1, 0.15) is 5.75 Å². The summed E-state index contributed by atoms with van der Waals surface area (Å²) in [7, 11) is 1.59. The van der Waals surface area contributed by atoms with Gasteiger partial charge in [-0.05, 0) is 18.6 Å². The van der Waals surface area contributed by atoms with Crippen molar-refractivity contribution >= 4 is 0 Å². The normalized spacial score (nSPS) is 12.5. The number of nitrogens with zero attached hydrogens (tertiary/aromatic N) is 1. The Bertz CT molecular complexity index is 274. The van der Waals surface area contributed by atoms with Gasteiger partial charge in [0.2, 0.25) is 0 Å². The Morgan fingerprint density at radius 2 is 2.27 bits per heavy atom. The smallest absolute Gasteiger partial charge is 0.188 e. The van der Waals surface area contributed by atoms with Gasteiger partial charge in [-0.15, -0.1) is 0 Å². The van der Waals surface area contributed by atoms with E-state index >= 15 is 0 Å². The second kappa shape index (κ2) is 6.37. The third-order valence-corrected chi connectivity index (χ3v) is 2.14. The van der Waals surface area contributed by atoms with Crippen molar-refractivity contribution in [3.8, 4) is 5.75 Å². The maximum absolute atomic E-state index is 5.83. The summed E-state index contributed by atoms with van der Waals surface area (Å²) in [5.41, 5.74) is 6.83. The highest BCUT2D eigenvalue weighted by Crippen LogP contribution is 2.10. The van der Waals surface area contributed by atoms with Crippen molar-refractivity contribution in [2.75, 3.05) is 13.9 Å². The number of hydrogen-bond acceptors (Lipinski definition) is 4. The number of rotatable bonds is 6. The molecule has 0 aliphatic heterocycles. The van der Waals surface area contributed by atoms with Gasteiger partial charge in [-0.1, -0.05) is 6.92 Å². The zero-order valence-electron chi connectivity index (χ0n) is 9.27. The lowest BCUT2D eigenvalue weighted by Gasteiger charge is -2.08. The molecule has 1 heterocycles. The van der Waals surface area contributed by atoms with Crippen LogP contribution in [0.5, 0.6) is 5.75 Å². The van der Waals surface area contributed by atoms with E-state index in [1.54, 1.807) is 13.3 Å². The summed E-state index contributed by atoms with van der Waals surface area (Å²) < 4.78 is 10.0. The van der Waals surface area contributed by atoms with E-state index in [9.17, 15) is 0 Å². The van der Waals surface area contributed by atoms with Gasteiger partial charge in [-0.3, -0.25) is 4.98 Å². The van der Waals surface area contributed by atoms with Crippen LogP contribution in [-0.4, -0.2) is 24.9 Å². The standard InChI is InChI=1S/C11H18N2O2/c1-3-9(12)6-10-4-5-11(7-13-10)15-8-14-2/h4-5,7,9H,3,6,8,12H2,1-2H3. The molecule has 1 rings (SSSR count). The minimum Gasteiger partial charge on any atom is -0.466 e. The Kier molecular flexibility index (Phi) is 5.07. The molecule has 0 saturated carbocycles. The van der Waals surface area contributed by atoms with Crippen molar-refractivity contribution in [3.05, 3.63) is 24.0 Å². The fourth-order valence-corrected chi connectivity index (χ4v) is 1.16. The van der Waals surface area contributed by atoms with Crippen molar-refractivity contribution in [1.29, 1.82) is 0 Å². The van der Waals surface area contributed by atoms with Gasteiger partial charge in [0.25, 0.3) is 0 Å². The highest BCUT2D eigenvalue weighted by molar-refractivity contribution is 5.20. The summed E-state index contributed by atoms with van der Waals surface area (Å²) in [6.45, 7) is 2.32. The van der Waals surface area contributed by atoms with Crippen LogP contribution in [0.2, 0.25) is 0 Å². The summed E-state index contributed by atoms with van der Waals surface area (Å²) >= 11 is 0. The number of hydrogen-bond donors (Lipinski definition) is 1. The predicted molar refractivity (Wildman–Crippen MR) is 58.7 cm³/mol. The highest BCUT2D eigenvalue weighted by atomic mass is 16.7. The van der Waals surface area contributed by atoms with Gasteiger partial charge in [0, 0.05) is 25.3 Å². The molecular formula is C11H18N2O2. The predicted octanol–water partition coefficient (Wildman–Crippen LogP) is 1.34. The van der Waals surface area contributed by atoms with Crippen molar-refractivity contribution in [2.45, 2.75) is 25.8 Å². The van der Waals surface area contributed by atoms with Gasteiger partial charge in [0.15, 0.2) is 6.79 Å². The third-order valence-electron chi connectivity index (χ3n) is 2.14. The number of nitrogens with two attached hydrogens (primary N) is 1. The first kappa shape index (κ1) is 11.9. The first-order valence-electron chi connectivity index (χ1n) is 5.08. The second-order valence-electron chi connectivity index (χ2n) is 3.41. The van der Waals surface area contributed by atoms with E-state index < -0.39 is 0 Å². The Morgan fingerprint density at radius 3 is 2.80 bits per heavy atom. The van der Waals surface area contributed by atoms with E-state index in [0.717, 1.165) is 18.5 Å². The van der Waals surface area contributed by atoms with Crippen molar-refractivity contribution in [2.24, 2.45) is 5.73 Å². The molecule has 0 amide bonds. The molecule has 0 bridgehead atoms. The minimum atomic E-state index is 0.184. The first-order chi connectivity index (χ1) is 7.26. The lowest BCUT2D eigenvalue weighted by atomic mass is 10.1.